The molecule has 22 heteroatoms. The predicted molar refractivity (Wildman–Crippen MR) is 174 cm³/mol. The maximum atomic E-state index is 12.6. The third-order valence-corrected chi connectivity index (χ3v) is 8.44. The van der Waals surface area contributed by atoms with Crippen LogP contribution in [-0.2, 0) is 85.7 Å². The standard InChI is InChI=1S/C34H48F3NO18/c1-16(39)46-14-22-24(48-18(3)41)26(49-19(4)42)28(51-21(6)44)30(52-22)54-25-23(15-47-17(2)40)53-31-29(27(25)50-20(5)43)55-33(7,56-31)12-10-8-9-11-13-38-32(45)34(35,36)37/h22-31H,8-15H2,1-7H3,(H,38,45)/t22-,23-,24-,25-,26+,27+,28-,29-,30+,31-,33?/m1/s1. The summed E-state index contributed by atoms with van der Waals surface area (Å²) in [6.45, 7) is 6.79. The SMILES string of the molecule is CC(=O)OC[C@H]1O[C@@H](O[C@H]2[C@H](OC(C)=O)[C@H]3OC(C)(CCCCCCNC(=O)C(F)(F)F)O[C@H]3O[C@@H]2COC(C)=O)[C@H](OC(C)=O)[C@@H](OC(C)=O)[C@@H]1OC(C)=O. The normalized spacial score (nSPS) is 31.2. The van der Waals surface area contributed by atoms with Crippen LogP contribution in [0.3, 0.4) is 0 Å². The molecule has 3 aliphatic rings. The van der Waals surface area contributed by atoms with Gasteiger partial charge in [0.2, 0.25) is 0 Å². The van der Waals surface area contributed by atoms with E-state index in [1.165, 1.54) is 0 Å². The van der Waals surface area contributed by atoms with E-state index in [1.807, 2.05) is 0 Å². The minimum Gasteiger partial charge on any atom is -0.463 e. The molecule has 1 N–H and O–H groups in total. The molecule has 318 valence electrons. The van der Waals surface area contributed by atoms with Crippen molar-refractivity contribution in [3.63, 3.8) is 0 Å². The van der Waals surface area contributed by atoms with Crippen LogP contribution in [0, 0.1) is 0 Å². The highest BCUT2D eigenvalue weighted by molar-refractivity contribution is 5.81. The Morgan fingerprint density at radius 1 is 0.607 bits per heavy atom. The van der Waals surface area contributed by atoms with E-state index < -0.39 is 128 Å². The number of amides is 1. The van der Waals surface area contributed by atoms with Crippen molar-refractivity contribution in [1.82, 2.24) is 5.32 Å². The third kappa shape index (κ3) is 13.8. The first-order chi connectivity index (χ1) is 26.1. The van der Waals surface area contributed by atoms with Crippen LogP contribution in [0.4, 0.5) is 13.2 Å². The Kier molecular flexibility index (Phi) is 16.8. The molecule has 1 amide bonds. The number of carbonyl (C=O) groups is 7. The molecule has 1 unspecified atom stereocenters. The Hall–Kier alpha value is -4.12. The van der Waals surface area contributed by atoms with Crippen molar-refractivity contribution in [2.75, 3.05) is 19.8 Å². The van der Waals surface area contributed by atoms with Gasteiger partial charge in [0.05, 0.1) is 0 Å². The number of alkyl halides is 3. The molecule has 3 rings (SSSR count). The lowest BCUT2D eigenvalue weighted by Gasteiger charge is -2.47. The van der Waals surface area contributed by atoms with Crippen LogP contribution in [0.5, 0.6) is 0 Å². The number of ether oxygens (including phenoxy) is 11. The van der Waals surface area contributed by atoms with Gasteiger partial charge in [-0.05, 0) is 19.8 Å². The summed E-state index contributed by atoms with van der Waals surface area (Å²) in [5.41, 5.74) is 0. The molecule has 0 aromatic rings. The minimum absolute atomic E-state index is 0.171. The summed E-state index contributed by atoms with van der Waals surface area (Å²) < 4.78 is 101. The van der Waals surface area contributed by atoms with Crippen LogP contribution >= 0.6 is 0 Å². The Morgan fingerprint density at radius 3 is 1.64 bits per heavy atom. The molecular weight excluding hydrogens is 767 g/mol. The zero-order valence-electron chi connectivity index (χ0n) is 31.9. The first-order valence-corrected chi connectivity index (χ1v) is 17.7. The fourth-order valence-corrected chi connectivity index (χ4v) is 6.28. The van der Waals surface area contributed by atoms with Crippen molar-refractivity contribution in [2.45, 2.75) is 154 Å². The van der Waals surface area contributed by atoms with Crippen molar-refractivity contribution >= 4 is 41.7 Å². The van der Waals surface area contributed by atoms with E-state index in [2.05, 4.69) is 0 Å². The lowest BCUT2D eigenvalue weighted by Crippen LogP contribution is -2.66. The summed E-state index contributed by atoms with van der Waals surface area (Å²) in [6, 6.07) is 0. The highest BCUT2D eigenvalue weighted by atomic mass is 19.4. The number of nitrogens with one attached hydrogen (secondary N) is 1. The zero-order chi connectivity index (χ0) is 42.0. The van der Waals surface area contributed by atoms with E-state index >= 15 is 0 Å². The maximum absolute atomic E-state index is 12.6. The lowest BCUT2D eigenvalue weighted by atomic mass is 9.96. The van der Waals surface area contributed by atoms with Gasteiger partial charge in [0.15, 0.2) is 48.9 Å². The molecule has 0 aromatic carbocycles. The van der Waals surface area contributed by atoms with E-state index in [1.54, 1.807) is 12.2 Å². The van der Waals surface area contributed by atoms with Gasteiger partial charge in [0.25, 0.3) is 0 Å². The number of hydrogen-bond donors (Lipinski definition) is 1. The number of fused-ring (bicyclic) bond motifs is 1. The first kappa shape index (κ1) is 46.3. The van der Waals surface area contributed by atoms with Crippen LogP contribution in [0.25, 0.3) is 0 Å². The number of carbonyl (C=O) groups excluding carboxylic acids is 7. The summed E-state index contributed by atoms with van der Waals surface area (Å²) in [5, 5.41) is 1.81. The van der Waals surface area contributed by atoms with Crippen LogP contribution < -0.4 is 5.32 Å². The van der Waals surface area contributed by atoms with Crippen molar-refractivity contribution in [1.29, 1.82) is 0 Å². The Bertz CT molecular complexity index is 1430. The summed E-state index contributed by atoms with van der Waals surface area (Å²) in [4.78, 5) is 84.2. The van der Waals surface area contributed by atoms with Gasteiger partial charge in [-0.2, -0.15) is 13.2 Å². The van der Waals surface area contributed by atoms with Crippen molar-refractivity contribution in [3.05, 3.63) is 0 Å². The molecular formula is C34H48F3NO18. The first-order valence-electron chi connectivity index (χ1n) is 17.7. The van der Waals surface area contributed by atoms with Gasteiger partial charge in [-0.3, -0.25) is 33.6 Å². The molecule has 56 heavy (non-hydrogen) atoms. The molecule has 3 fully saturated rings. The monoisotopic (exact) mass is 815 g/mol. The van der Waals surface area contributed by atoms with E-state index in [0.29, 0.717) is 19.3 Å². The predicted octanol–water partition coefficient (Wildman–Crippen LogP) is 1.44. The van der Waals surface area contributed by atoms with E-state index in [9.17, 15) is 46.7 Å². The Morgan fingerprint density at radius 2 is 1.11 bits per heavy atom. The van der Waals surface area contributed by atoms with Crippen LogP contribution in [-0.4, -0.2) is 135 Å². The van der Waals surface area contributed by atoms with Crippen LogP contribution in [0.15, 0.2) is 0 Å². The number of halogens is 3. The zero-order valence-corrected chi connectivity index (χ0v) is 31.9. The molecule has 0 bridgehead atoms. The lowest BCUT2D eigenvalue weighted by molar-refractivity contribution is -0.348. The van der Waals surface area contributed by atoms with E-state index in [0.717, 1.165) is 41.5 Å². The second kappa shape index (κ2) is 20.3. The second-order valence-electron chi connectivity index (χ2n) is 13.3. The van der Waals surface area contributed by atoms with Crippen LogP contribution in [0.1, 0.15) is 80.6 Å². The van der Waals surface area contributed by atoms with E-state index in [-0.39, 0.29) is 19.4 Å². The van der Waals surface area contributed by atoms with E-state index in [4.69, 9.17) is 52.1 Å². The van der Waals surface area contributed by atoms with Crippen molar-refractivity contribution in [2.24, 2.45) is 0 Å². The summed E-state index contributed by atoms with van der Waals surface area (Å²) >= 11 is 0. The molecule has 0 saturated carbocycles. The minimum atomic E-state index is -4.97. The molecule has 3 saturated heterocycles. The highest BCUT2D eigenvalue weighted by Crippen LogP contribution is 2.42. The molecule has 19 nitrogen and oxygen atoms in total. The molecule has 0 aliphatic carbocycles. The van der Waals surface area contributed by atoms with Gasteiger partial charge in [0, 0.05) is 54.5 Å². The molecule has 0 spiro atoms. The van der Waals surface area contributed by atoms with Gasteiger partial charge < -0.3 is 57.4 Å². The highest BCUT2D eigenvalue weighted by Gasteiger charge is 2.60. The largest absolute Gasteiger partial charge is 0.471 e. The molecule has 11 atom stereocenters. The van der Waals surface area contributed by atoms with Crippen molar-refractivity contribution < 1.29 is 98.8 Å². The third-order valence-electron chi connectivity index (χ3n) is 8.44. The quantitative estimate of drug-likeness (QED) is 0.124. The summed E-state index contributed by atoms with van der Waals surface area (Å²) in [6.07, 6.45) is -17.6. The second-order valence-corrected chi connectivity index (χ2v) is 13.3. The smallest absolute Gasteiger partial charge is 0.463 e. The van der Waals surface area contributed by atoms with Gasteiger partial charge in [-0.25, -0.2) is 0 Å². The maximum Gasteiger partial charge on any atom is 0.471 e. The summed E-state index contributed by atoms with van der Waals surface area (Å²) in [7, 11) is 0. The fraction of sp³-hybridized carbons (Fsp3) is 0.794. The van der Waals surface area contributed by atoms with Gasteiger partial charge in [0.1, 0.15) is 31.5 Å². The van der Waals surface area contributed by atoms with Gasteiger partial charge in [-0.1, -0.05) is 12.8 Å². The Balaban J connectivity index is 1.91. The van der Waals surface area contributed by atoms with Crippen LogP contribution in [0.2, 0.25) is 0 Å². The Labute approximate surface area is 319 Å². The summed E-state index contributed by atoms with van der Waals surface area (Å²) in [5.74, 6) is -8.34. The molecule has 3 aliphatic heterocycles. The molecule has 0 aromatic heterocycles. The number of unbranched alkanes of at least 4 members (excludes halogenated alkanes) is 3. The molecule has 3 heterocycles. The average Bonchev–Trinajstić information content (AvgIpc) is 3.40. The number of rotatable bonds is 17. The van der Waals surface area contributed by atoms with Gasteiger partial charge in [-0.15, -0.1) is 0 Å². The molecule has 0 radical (unpaired) electrons. The number of hydrogen-bond acceptors (Lipinski definition) is 18. The average molecular weight is 816 g/mol. The number of esters is 6. The van der Waals surface area contributed by atoms with Crippen molar-refractivity contribution in [3.8, 4) is 0 Å². The topological polar surface area (TPSA) is 233 Å². The van der Waals surface area contributed by atoms with Gasteiger partial charge >= 0.3 is 47.9 Å². The fourth-order valence-electron chi connectivity index (χ4n) is 6.28.